The Labute approximate surface area is 42.5 Å². The molecule has 0 aromatic carbocycles. The fourth-order valence-corrected chi connectivity index (χ4v) is 0.158. The van der Waals surface area contributed by atoms with E-state index in [-0.39, 0.29) is 6.73 Å². The van der Waals surface area contributed by atoms with E-state index in [9.17, 15) is 0 Å². The third-order valence-corrected chi connectivity index (χ3v) is 0.416. The molecule has 0 radical (unpaired) electrons. The summed E-state index contributed by atoms with van der Waals surface area (Å²) in [4.78, 5) is 2.47. The Morgan fingerprint density at radius 3 is 3.00 bits per heavy atom. The third-order valence-electron chi connectivity index (χ3n) is 0.416. The Hall–Kier alpha value is -0.665. The molecule has 0 aliphatic rings. The molecule has 0 amide bonds. The van der Waals surface area contributed by atoms with Crippen molar-refractivity contribution in [3.63, 3.8) is 0 Å². The lowest BCUT2D eigenvalue weighted by molar-refractivity contribution is 0.187. The number of ether oxygens (including phenoxy) is 1. The summed E-state index contributed by atoms with van der Waals surface area (Å²) in [6.45, 7) is 0.742. The Kier molecular flexibility index (Phi) is 4.83. The predicted molar refractivity (Wildman–Crippen MR) is 28.5 cm³/mol. The molecule has 0 aromatic rings. The summed E-state index contributed by atoms with van der Waals surface area (Å²) in [5, 5.41) is 3.12. The third kappa shape index (κ3) is 5.33. The predicted octanol–water partition coefficient (Wildman–Crippen LogP) is -0.139. The minimum absolute atomic E-state index is 0.146. The average Bonchev–Trinajstić information content (AvgIpc) is 1.69. The van der Waals surface area contributed by atoms with Gasteiger partial charge in [0.25, 0.3) is 0 Å². The van der Waals surface area contributed by atoms with Crippen LogP contribution in [0.5, 0.6) is 0 Å². The summed E-state index contributed by atoms with van der Waals surface area (Å²) in [5.41, 5.74) is 7.67. The van der Waals surface area contributed by atoms with E-state index >= 15 is 0 Å². The molecule has 0 aliphatic heterocycles. The van der Waals surface area contributed by atoms with Crippen LogP contribution in [0.15, 0.2) is 5.11 Å². The van der Waals surface area contributed by atoms with E-state index in [0.717, 1.165) is 0 Å². The quantitative estimate of drug-likeness (QED) is 0.160. The molecule has 0 unspecified atom stereocenters. The first-order valence-electron chi connectivity index (χ1n) is 2.00. The summed E-state index contributed by atoms with van der Waals surface area (Å²) in [7, 11) is 1.84. The van der Waals surface area contributed by atoms with Gasteiger partial charge in [-0.05, 0) is 5.53 Å². The van der Waals surface area contributed by atoms with Gasteiger partial charge in [0.1, 0.15) is 14.6 Å². The molecule has 0 saturated heterocycles. The summed E-state index contributed by atoms with van der Waals surface area (Å²) in [6, 6.07) is 0. The van der Waals surface area contributed by atoms with Gasteiger partial charge in [-0.3, -0.25) is 0 Å². The summed E-state index contributed by atoms with van der Waals surface area (Å²) in [5.74, 6) is 0. The first kappa shape index (κ1) is 6.33. The minimum Gasteiger partial charge on any atom is -0.384 e. The van der Waals surface area contributed by atoms with E-state index in [4.69, 9.17) is 5.53 Å². The highest BCUT2D eigenvalue weighted by Crippen LogP contribution is 1.70. The molecule has 0 aliphatic carbocycles. The smallest absolute Gasteiger partial charge is 0.135 e. The van der Waals surface area contributed by atoms with Crippen LogP contribution in [0.1, 0.15) is 0 Å². The van der Waals surface area contributed by atoms with E-state index in [2.05, 4.69) is 14.8 Å². The van der Waals surface area contributed by atoms with E-state index in [0.29, 0.717) is 6.51 Å². The molecule has 0 rings (SSSR count). The zero-order valence-corrected chi connectivity index (χ0v) is 4.16. The van der Waals surface area contributed by atoms with Gasteiger partial charge in [0.2, 0.25) is 0 Å². The van der Waals surface area contributed by atoms with Crippen molar-refractivity contribution in [2.75, 3.05) is 13.2 Å². The Bertz CT molecular complexity index is 79.0. The number of rotatable bonds is 3. The molecule has 0 spiro atoms. The summed E-state index contributed by atoms with van der Waals surface area (Å²) in [6.07, 6.45) is 0. The van der Waals surface area contributed by atoms with Gasteiger partial charge < -0.3 is 4.74 Å². The van der Waals surface area contributed by atoms with E-state index in [1.165, 1.54) is 0 Å². The fourth-order valence-electron chi connectivity index (χ4n) is 0.158. The molecule has 38 valence electrons. The van der Waals surface area contributed by atoms with E-state index in [1.807, 2.05) is 7.85 Å². The largest absolute Gasteiger partial charge is 0.384 e. The van der Waals surface area contributed by atoms with Crippen LogP contribution < -0.4 is 0 Å². The van der Waals surface area contributed by atoms with Crippen LogP contribution in [-0.2, 0) is 4.74 Å². The highest BCUT2D eigenvalue weighted by molar-refractivity contribution is 6.08. The van der Waals surface area contributed by atoms with Gasteiger partial charge in [-0.15, -0.1) is 0 Å². The molecule has 0 heterocycles. The van der Waals surface area contributed by atoms with Crippen molar-refractivity contribution in [1.82, 2.24) is 0 Å². The molecule has 0 N–H and O–H groups in total. The molecule has 0 bridgehead atoms. The summed E-state index contributed by atoms with van der Waals surface area (Å²) < 4.78 is 4.65. The van der Waals surface area contributed by atoms with Crippen LogP contribution in [0.4, 0.5) is 0 Å². The molecule has 4 nitrogen and oxygen atoms in total. The standard InChI is InChI=1S/C2H6BN3O/c3-1-7-2-5-6-4/h1-3H2. The zero-order chi connectivity index (χ0) is 5.54. The van der Waals surface area contributed by atoms with Gasteiger partial charge in [0.15, 0.2) is 0 Å². The van der Waals surface area contributed by atoms with Crippen molar-refractivity contribution in [3.8, 4) is 0 Å². The molecule has 5 heteroatoms. The van der Waals surface area contributed by atoms with Crippen LogP contribution in [0, 0.1) is 0 Å². The second-order valence-electron chi connectivity index (χ2n) is 0.853. The Balaban J connectivity index is 2.83. The van der Waals surface area contributed by atoms with Gasteiger partial charge >= 0.3 is 0 Å². The molecular weight excluding hydrogens is 92.9 g/mol. The normalized spacial score (nSPS) is 7.43. The molecular formula is C2H6BN3O. The van der Waals surface area contributed by atoms with Gasteiger partial charge in [-0.1, -0.05) is 5.11 Å². The van der Waals surface area contributed by atoms with Crippen LogP contribution in [-0.4, -0.2) is 21.1 Å². The molecule has 0 saturated carbocycles. The fraction of sp³-hybridized carbons (Fsp3) is 1.00. The Morgan fingerprint density at radius 2 is 2.57 bits per heavy atom. The van der Waals surface area contributed by atoms with E-state index < -0.39 is 0 Å². The minimum atomic E-state index is 0.146. The number of hydrogen-bond donors (Lipinski definition) is 0. The van der Waals surface area contributed by atoms with Gasteiger partial charge in [0.05, 0.1) is 0 Å². The van der Waals surface area contributed by atoms with Crippen LogP contribution in [0.2, 0.25) is 0 Å². The van der Waals surface area contributed by atoms with Crippen molar-refractivity contribution in [1.29, 1.82) is 0 Å². The number of hydrogen-bond acceptors (Lipinski definition) is 2. The van der Waals surface area contributed by atoms with Gasteiger partial charge in [-0.2, -0.15) is 0 Å². The summed E-state index contributed by atoms with van der Waals surface area (Å²) >= 11 is 0. The first-order valence-corrected chi connectivity index (χ1v) is 2.00. The lowest BCUT2D eigenvalue weighted by atomic mass is 10.2. The van der Waals surface area contributed by atoms with E-state index in [1.54, 1.807) is 0 Å². The van der Waals surface area contributed by atoms with Crippen molar-refractivity contribution in [2.45, 2.75) is 0 Å². The van der Waals surface area contributed by atoms with Gasteiger partial charge in [0, 0.05) is 11.4 Å². The topological polar surface area (TPSA) is 58.0 Å². The van der Waals surface area contributed by atoms with Crippen molar-refractivity contribution in [3.05, 3.63) is 10.4 Å². The highest BCUT2D eigenvalue weighted by atomic mass is 16.5. The molecule has 7 heavy (non-hydrogen) atoms. The highest BCUT2D eigenvalue weighted by Gasteiger charge is 1.71. The first-order chi connectivity index (χ1) is 3.41. The maximum atomic E-state index is 7.67. The van der Waals surface area contributed by atoms with Crippen LogP contribution >= 0.6 is 0 Å². The second kappa shape index (κ2) is 5.33. The zero-order valence-electron chi connectivity index (χ0n) is 4.16. The van der Waals surface area contributed by atoms with Crippen molar-refractivity contribution < 1.29 is 4.74 Å². The monoisotopic (exact) mass is 99.1 g/mol. The van der Waals surface area contributed by atoms with Gasteiger partial charge in [-0.25, -0.2) is 0 Å². The SMILES string of the molecule is BCOCN=[N+]=[N-]. The second-order valence-corrected chi connectivity index (χ2v) is 0.853. The molecule has 0 aromatic heterocycles. The van der Waals surface area contributed by atoms with Crippen molar-refractivity contribution in [2.24, 2.45) is 5.11 Å². The average molecular weight is 98.9 g/mol. The molecule has 0 atom stereocenters. The van der Waals surface area contributed by atoms with Crippen molar-refractivity contribution >= 4 is 7.85 Å². The number of nitrogens with zero attached hydrogens (tertiary/aromatic N) is 3. The lowest BCUT2D eigenvalue weighted by Gasteiger charge is -1.87. The lowest BCUT2D eigenvalue weighted by Crippen LogP contribution is -1.90. The maximum absolute atomic E-state index is 7.67. The van der Waals surface area contributed by atoms with Crippen LogP contribution in [0.25, 0.3) is 10.4 Å². The maximum Gasteiger partial charge on any atom is 0.135 e. The number of azide groups is 1. The molecule has 0 fully saturated rings. The van der Waals surface area contributed by atoms with Crippen LogP contribution in [0.3, 0.4) is 0 Å². The Morgan fingerprint density at radius 1 is 1.86 bits per heavy atom.